The van der Waals surface area contributed by atoms with Crippen molar-refractivity contribution < 1.29 is 21.6 Å². The second kappa shape index (κ2) is 7.64. The number of halogens is 3. The summed E-state index contributed by atoms with van der Waals surface area (Å²) < 4.78 is 66.2. The van der Waals surface area contributed by atoms with Crippen molar-refractivity contribution in [3.8, 4) is 0 Å². The first-order valence-corrected chi connectivity index (χ1v) is 10.3. The number of alkyl halides is 3. The van der Waals surface area contributed by atoms with Crippen molar-refractivity contribution >= 4 is 21.1 Å². The Labute approximate surface area is 164 Å². The molecular weight excluding hydrogens is 409 g/mol. The van der Waals surface area contributed by atoms with Gasteiger partial charge in [0.15, 0.2) is 0 Å². The number of rotatable bonds is 6. The third kappa shape index (κ3) is 4.20. The van der Waals surface area contributed by atoms with Gasteiger partial charge < -0.3 is 9.55 Å². The Morgan fingerprint density at radius 2 is 1.83 bits per heavy atom. The number of imidazole rings is 1. The van der Waals surface area contributed by atoms with Gasteiger partial charge in [0.05, 0.1) is 28.0 Å². The lowest BCUT2D eigenvalue weighted by Crippen LogP contribution is -2.30. The average Bonchev–Trinajstić information content (AvgIpc) is 3.05. The number of nitrogens with one attached hydrogen (secondary N) is 1. The zero-order valence-electron chi connectivity index (χ0n) is 15.7. The van der Waals surface area contributed by atoms with Crippen LogP contribution in [-0.4, -0.2) is 40.3 Å². The number of aromatic amines is 1. The summed E-state index contributed by atoms with van der Waals surface area (Å²) in [7, 11) is -3.67. The van der Waals surface area contributed by atoms with Gasteiger partial charge in [0.2, 0.25) is 10.0 Å². The molecule has 0 fully saturated rings. The van der Waals surface area contributed by atoms with Crippen molar-refractivity contribution in [2.24, 2.45) is 0 Å². The van der Waals surface area contributed by atoms with Gasteiger partial charge in [0.1, 0.15) is 5.82 Å². The molecule has 0 saturated heterocycles. The fraction of sp³-hybridized carbons (Fsp3) is 0.333. The largest absolute Gasteiger partial charge is 0.417 e. The summed E-state index contributed by atoms with van der Waals surface area (Å²) in [6, 6.07) is 5.94. The Bertz CT molecular complexity index is 1200. The van der Waals surface area contributed by atoms with Crippen molar-refractivity contribution in [1.82, 2.24) is 18.8 Å². The van der Waals surface area contributed by atoms with Gasteiger partial charge in [0.25, 0.3) is 5.56 Å². The number of hydrogen-bond acceptors (Lipinski definition) is 4. The highest BCUT2D eigenvalue weighted by atomic mass is 32.2. The molecule has 2 aromatic heterocycles. The van der Waals surface area contributed by atoms with E-state index >= 15 is 0 Å². The maximum absolute atomic E-state index is 12.9. The maximum atomic E-state index is 12.9. The number of nitrogens with zero attached hydrogens (tertiary/aromatic N) is 3. The topological polar surface area (TPSA) is 88.1 Å². The van der Waals surface area contributed by atoms with Gasteiger partial charge in [-0.25, -0.2) is 13.4 Å². The highest BCUT2D eigenvalue weighted by Crippen LogP contribution is 2.28. The average molecular weight is 428 g/mol. The van der Waals surface area contributed by atoms with Crippen molar-refractivity contribution in [2.75, 3.05) is 13.1 Å². The molecule has 7 nitrogen and oxygen atoms in total. The van der Waals surface area contributed by atoms with E-state index in [1.165, 1.54) is 22.5 Å². The van der Waals surface area contributed by atoms with Crippen LogP contribution in [-0.2, 0) is 22.7 Å². The number of fused-ring (bicyclic) bond motifs is 1. The smallest absolute Gasteiger partial charge is 0.340 e. The van der Waals surface area contributed by atoms with E-state index < -0.39 is 27.3 Å². The summed E-state index contributed by atoms with van der Waals surface area (Å²) in [6.07, 6.45) is -3.84. The first-order valence-electron chi connectivity index (χ1n) is 8.82. The van der Waals surface area contributed by atoms with Crippen LogP contribution in [0.3, 0.4) is 0 Å². The van der Waals surface area contributed by atoms with E-state index in [4.69, 9.17) is 0 Å². The second-order valence-electron chi connectivity index (χ2n) is 6.33. The van der Waals surface area contributed by atoms with Crippen molar-refractivity contribution in [1.29, 1.82) is 0 Å². The molecule has 0 spiro atoms. The molecule has 2 heterocycles. The predicted molar refractivity (Wildman–Crippen MR) is 101 cm³/mol. The Morgan fingerprint density at radius 3 is 2.45 bits per heavy atom. The summed E-state index contributed by atoms with van der Waals surface area (Å²) in [5.74, 6) is 0.235. The van der Waals surface area contributed by atoms with Gasteiger partial charge >= 0.3 is 6.18 Å². The monoisotopic (exact) mass is 428 g/mol. The minimum atomic E-state index is -4.57. The van der Waals surface area contributed by atoms with Gasteiger partial charge in [-0.1, -0.05) is 13.8 Å². The van der Waals surface area contributed by atoms with Crippen LogP contribution in [0.15, 0.2) is 46.2 Å². The number of benzene rings is 1. The minimum Gasteiger partial charge on any atom is -0.340 e. The fourth-order valence-electron chi connectivity index (χ4n) is 2.97. The molecule has 0 unspecified atom stereocenters. The molecule has 0 aliphatic carbocycles. The fourth-order valence-corrected chi connectivity index (χ4v) is 4.46. The van der Waals surface area contributed by atoms with Gasteiger partial charge in [-0.2, -0.15) is 17.5 Å². The SMILES string of the molecule is CCN(CC)S(=O)(=O)c1ccc2nc(Cn3cc(C(F)(F)F)ccc3=O)[nH]c2c1. The molecule has 0 bridgehead atoms. The van der Waals surface area contributed by atoms with E-state index in [1.54, 1.807) is 13.8 Å². The minimum absolute atomic E-state index is 0.0835. The van der Waals surface area contributed by atoms with Crippen LogP contribution in [0.1, 0.15) is 25.2 Å². The Morgan fingerprint density at radius 1 is 1.14 bits per heavy atom. The summed E-state index contributed by atoms with van der Waals surface area (Å²) in [4.78, 5) is 19.1. The van der Waals surface area contributed by atoms with Gasteiger partial charge in [-0.15, -0.1) is 0 Å². The zero-order valence-corrected chi connectivity index (χ0v) is 16.5. The lowest BCUT2D eigenvalue weighted by molar-refractivity contribution is -0.138. The van der Waals surface area contributed by atoms with Crippen LogP contribution in [0.4, 0.5) is 13.2 Å². The van der Waals surface area contributed by atoms with Gasteiger partial charge in [-0.05, 0) is 24.3 Å². The first kappa shape index (κ1) is 21.1. The van der Waals surface area contributed by atoms with Crippen LogP contribution < -0.4 is 5.56 Å². The highest BCUT2D eigenvalue weighted by molar-refractivity contribution is 7.89. The third-order valence-corrected chi connectivity index (χ3v) is 6.52. The summed E-state index contributed by atoms with van der Waals surface area (Å²) in [5, 5.41) is 0. The van der Waals surface area contributed by atoms with E-state index in [0.717, 1.165) is 22.9 Å². The molecule has 0 amide bonds. The number of sulfonamides is 1. The third-order valence-electron chi connectivity index (χ3n) is 4.48. The highest BCUT2D eigenvalue weighted by Gasteiger charge is 2.31. The molecule has 0 saturated carbocycles. The van der Waals surface area contributed by atoms with E-state index in [1.807, 2.05) is 0 Å². The van der Waals surface area contributed by atoms with Crippen LogP contribution >= 0.6 is 0 Å². The molecule has 0 aliphatic rings. The standard InChI is InChI=1S/C18H19F3N4O3S/c1-3-25(4-2)29(27,28)13-6-7-14-15(9-13)23-16(22-14)11-24-10-12(18(19,20)21)5-8-17(24)26/h5-10H,3-4,11H2,1-2H3,(H,22,23). The van der Waals surface area contributed by atoms with Crippen LogP contribution in [0.25, 0.3) is 11.0 Å². The van der Waals surface area contributed by atoms with E-state index in [2.05, 4.69) is 9.97 Å². The molecule has 29 heavy (non-hydrogen) atoms. The molecular formula is C18H19F3N4O3S. The normalized spacial score (nSPS) is 12.8. The lowest BCUT2D eigenvalue weighted by atomic mass is 10.3. The van der Waals surface area contributed by atoms with E-state index in [9.17, 15) is 26.4 Å². The molecule has 0 aliphatic heterocycles. The Kier molecular flexibility index (Phi) is 5.54. The molecule has 0 radical (unpaired) electrons. The van der Waals surface area contributed by atoms with Crippen molar-refractivity contribution in [3.05, 3.63) is 58.3 Å². The zero-order chi connectivity index (χ0) is 21.4. The summed E-state index contributed by atoms with van der Waals surface area (Å²) in [6.45, 7) is 3.91. The number of pyridine rings is 1. The van der Waals surface area contributed by atoms with Crippen molar-refractivity contribution in [2.45, 2.75) is 31.5 Å². The second-order valence-corrected chi connectivity index (χ2v) is 8.27. The lowest BCUT2D eigenvalue weighted by Gasteiger charge is -2.18. The maximum Gasteiger partial charge on any atom is 0.417 e. The molecule has 1 N–H and O–H groups in total. The Balaban J connectivity index is 1.97. The quantitative estimate of drug-likeness (QED) is 0.654. The van der Waals surface area contributed by atoms with Crippen LogP contribution in [0.2, 0.25) is 0 Å². The summed E-state index contributed by atoms with van der Waals surface area (Å²) >= 11 is 0. The van der Waals surface area contributed by atoms with Gasteiger partial charge in [0, 0.05) is 25.4 Å². The van der Waals surface area contributed by atoms with E-state index in [0.29, 0.717) is 24.1 Å². The molecule has 156 valence electrons. The molecule has 1 aromatic carbocycles. The van der Waals surface area contributed by atoms with Crippen LogP contribution in [0, 0.1) is 0 Å². The first-order chi connectivity index (χ1) is 13.6. The van der Waals surface area contributed by atoms with E-state index in [-0.39, 0.29) is 17.3 Å². The predicted octanol–water partition coefficient (Wildman–Crippen LogP) is 2.82. The molecule has 3 rings (SSSR count). The number of hydrogen-bond donors (Lipinski definition) is 1. The molecule has 11 heteroatoms. The Hall–Kier alpha value is -2.66. The van der Waals surface area contributed by atoms with Crippen LogP contribution in [0.5, 0.6) is 0 Å². The summed E-state index contributed by atoms with van der Waals surface area (Å²) in [5.41, 5.74) is -0.698. The van der Waals surface area contributed by atoms with Gasteiger partial charge in [-0.3, -0.25) is 4.79 Å². The number of aromatic nitrogens is 3. The molecule has 0 atom stereocenters. The van der Waals surface area contributed by atoms with Crippen molar-refractivity contribution in [3.63, 3.8) is 0 Å². The molecule has 3 aromatic rings. The number of H-pyrrole nitrogens is 1.